The van der Waals surface area contributed by atoms with E-state index in [1.807, 2.05) is 30.9 Å². The standard InChI is InChI=1S/C16H25N3O/c1-13(10-14-6-5-9-20-14)18-15(16(2,3)4)11-19-8-7-17-12-19/h5-9,12-13,15,18H,10-11H2,1-4H3. The highest BCUT2D eigenvalue weighted by Crippen LogP contribution is 2.21. The molecule has 20 heavy (non-hydrogen) atoms. The minimum absolute atomic E-state index is 0.182. The molecule has 1 N–H and O–H groups in total. The Balaban J connectivity index is 1.96. The number of furan rings is 1. The van der Waals surface area contributed by atoms with Crippen LogP contribution in [0.2, 0.25) is 0 Å². The largest absolute Gasteiger partial charge is 0.469 e. The number of hydrogen-bond acceptors (Lipinski definition) is 3. The predicted octanol–water partition coefficient (Wildman–Crippen LogP) is 3.11. The topological polar surface area (TPSA) is 43.0 Å². The molecule has 0 spiro atoms. The van der Waals surface area contributed by atoms with E-state index in [9.17, 15) is 0 Å². The molecule has 0 aliphatic rings. The quantitative estimate of drug-likeness (QED) is 0.881. The number of nitrogens with one attached hydrogen (secondary N) is 1. The lowest BCUT2D eigenvalue weighted by atomic mass is 9.86. The summed E-state index contributed by atoms with van der Waals surface area (Å²) in [5, 5.41) is 3.72. The maximum absolute atomic E-state index is 5.42. The Bertz CT molecular complexity index is 482. The van der Waals surface area contributed by atoms with Crippen LogP contribution in [0.3, 0.4) is 0 Å². The Labute approximate surface area is 121 Å². The lowest BCUT2D eigenvalue weighted by molar-refractivity contribution is 0.222. The molecule has 0 aliphatic heterocycles. The lowest BCUT2D eigenvalue weighted by Crippen LogP contribution is -2.47. The van der Waals surface area contributed by atoms with E-state index in [0.717, 1.165) is 18.7 Å². The van der Waals surface area contributed by atoms with Gasteiger partial charge in [0.1, 0.15) is 5.76 Å². The van der Waals surface area contributed by atoms with Gasteiger partial charge in [0.15, 0.2) is 0 Å². The minimum atomic E-state index is 0.182. The van der Waals surface area contributed by atoms with E-state index >= 15 is 0 Å². The van der Waals surface area contributed by atoms with Crippen molar-refractivity contribution in [2.75, 3.05) is 0 Å². The second kappa shape index (κ2) is 6.27. The summed E-state index contributed by atoms with van der Waals surface area (Å²) in [6, 6.07) is 4.71. The van der Waals surface area contributed by atoms with Gasteiger partial charge in [-0.05, 0) is 24.5 Å². The molecule has 0 amide bonds. The van der Waals surface area contributed by atoms with Crippen LogP contribution in [-0.2, 0) is 13.0 Å². The fourth-order valence-corrected chi connectivity index (χ4v) is 2.31. The van der Waals surface area contributed by atoms with Gasteiger partial charge in [-0.2, -0.15) is 0 Å². The lowest BCUT2D eigenvalue weighted by Gasteiger charge is -2.34. The van der Waals surface area contributed by atoms with Gasteiger partial charge in [0.2, 0.25) is 0 Å². The third-order valence-electron chi connectivity index (χ3n) is 3.57. The third kappa shape index (κ3) is 4.23. The van der Waals surface area contributed by atoms with Crippen LogP contribution < -0.4 is 5.32 Å². The van der Waals surface area contributed by atoms with Crippen LogP contribution in [0.25, 0.3) is 0 Å². The zero-order valence-electron chi connectivity index (χ0n) is 12.8. The molecule has 2 atom stereocenters. The number of nitrogens with zero attached hydrogens (tertiary/aromatic N) is 2. The van der Waals surface area contributed by atoms with E-state index < -0.39 is 0 Å². The first kappa shape index (κ1) is 14.9. The van der Waals surface area contributed by atoms with Crippen LogP contribution in [0.5, 0.6) is 0 Å². The van der Waals surface area contributed by atoms with Crippen molar-refractivity contribution in [3.8, 4) is 0 Å². The molecule has 2 rings (SSSR count). The zero-order valence-corrected chi connectivity index (χ0v) is 12.8. The second-order valence-electron chi connectivity index (χ2n) is 6.53. The maximum Gasteiger partial charge on any atom is 0.105 e. The van der Waals surface area contributed by atoms with Crippen LogP contribution in [0.15, 0.2) is 41.5 Å². The van der Waals surface area contributed by atoms with Crippen molar-refractivity contribution < 1.29 is 4.42 Å². The van der Waals surface area contributed by atoms with E-state index in [1.165, 1.54) is 0 Å². The van der Waals surface area contributed by atoms with E-state index in [0.29, 0.717) is 12.1 Å². The molecule has 110 valence electrons. The van der Waals surface area contributed by atoms with Crippen LogP contribution >= 0.6 is 0 Å². The number of aromatic nitrogens is 2. The van der Waals surface area contributed by atoms with Crippen molar-refractivity contribution in [1.82, 2.24) is 14.9 Å². The molecule has 0 saturated carbocycles. The number of imidazole rings is 1. The molecular weight excluding hydrogens is 250 g/mol. The summed E-state index contributed by atoms with van der Waals surface area (Å²) in [5.41, 5.74) is 0.182. The Morgan fingerprint density at radius 1 is 1.40 bits per heavy atom. The second-order valence-corrected chi connectivity index (χ2v) is 6.53. The highest BCUT2D eigenvalue weighted by Gasteiger charge is 2.26. The molecule has 0 aromatic carbocycles. The van der Waals surface area contributed by atoms with Gasteiger partial charge in [0, 0.05) is 37.4 Å². The first-order valence-electron chi connectivity index (χ1n) is 7.19. The SMILES string of the molecule is CC(Cc1ccco1)NC(Cn1ccnc1)C(C)(C)C. The predicted molar refractivity (Wildman–Crippen MR) is 80.5 cm³/mol. The zero-order chi connectivity index (χ0) is 14.6. The molecule has 0 saturated heterocycles. The summed E-state index contributed by atoms with van der Waals surface area (Å²) < 4.78 is 7.55. The number of hydrogen-bond donors (Lipinski definition) is 1. The first-order chi connectivity index (χ1) is 9.45. The highest BCUT2D eigenvalue weighted by molar-refractivity contribution is 5.00. The summed E-state index contributed by atoms with van der Waals surface area (Å²) in [4.78, 5) is 4.12. The molecule has 2 aromatic rings. The Kier molecular flexibility index (Phi) is 4.65. The van der Waals surface area contributed by atoms with Crippen LogP contribution in [-0.4, -0.2) is 21.6 Å². The molecule has 2 unspecified atom stereocenters. The molecule has 0 radical (unpaired) electrons. The molecule has 4 nitrogen and oxygen atoms in total. The fourth-order valence-electron chi connectivity index (χ4n) is 2.31. The van der Waals surface area contributed by atoms with Crippen molar-refractivity contribution in [2.24, 2.45) is 5.41 Å². The summed E-state index contributed by atoms with van der Waals surface area (Å²) in [7, 11) is 0. The summed E-state index contributed by atoms with van der Waals surface area (Å²) >= 11 is 0. The summed E-state index contributed by atoms with van der Waals surface area (Å²) in [6.07, 6.45) is 8.35. The summed E-state index contributed by atoms with van der Waals surface area (Å²) in [5.74, 6) is 1.03. The fraction of sp³-hybridized carbons (Fsp3) is 0.562. The van der Waals surface area contributed by atoms with E-state index in [1.54, 1.807) is 6.26 Å². The first-order valence-corrected chi connectivity index (χ1v) is 7.19. The normalized spacial score (nSPS) is 15.2. The molecule has 2 heterocycles. The highest BCUT2D eigenvalue weighted by atomic mass is 16.3. The van der Waals surface area contributed by atoms with Gasteiger partial charge in [-0.1, -0.05) is 20.8 Å². The smallest absolute Gasteiger partial charge is 0.105 e. The molecule has 4 heteroatoms. The van der Waals surface area contributed by atoms with Crippen LogP contribution in [0.4, 0.5) is 0 Å². The molecule has 0 fully saturated rings. The van der Waals surface area contributed by atoms with E-state index in [4.69, 9.17) is 4.42 Å². The molecule has 0 aliphatic carbocycles. The monoisotopic (exact) mass is 275 g/mol. The van der Waals surface area contributed by atoms with Gasteiger partial charge >= 0.3 is 0 Å². The van der Waals surface area contributed by atoms with Gasteiger partial charge in [-0.15, -0.1) is 0 Å². The average molecular weight is 275 g/mol. The number of rotatable bonds is 6. The van der Waals surface area contributed by atoms with Crippen molar-refractivity contribution in [1.29, 1.82) is 0 Å². The average Bonchev–Trinajstić information content (AvgIpc) is 2.99. The van der Waals surface area contributed by atoms with Gasteiger partial charge in [0.05, 0.1) is 12.6 Å². The third-order valence-corrected chi connectivity index (χ3v) is 3.57. The van der Waals surface area contributed by atoms with Gasteiger partial charge in [0.25, 0.3) is 0 Å². The maximum atomic E-state index is 5.42. The van der Waals surface area contributed by atoms with Crippen LogP contribution in [0.1, 0.15) is 33.5 Å². The molecule has 0 bridgehead atoms. The van der Waals surface area contributed by atoms with Crippen molar-refractivity contribution in [3.05, 3.63) is 42.9 Å². The van der Waals surface area contributed by atoms with Gasteiger partial charge in [-0.25, -0.2) is 4.98 Å². The van der Waals surface area contributed by atoms with Gasteiger partial charge < -0.3 is 14.3 Å². The minimum Gasteiger partial charge on any atom is -0.469 e. The molecular formula is C16H25N3O. The van der Waals surface area contributed by atoms with Crippen molar-refractivity contribution >= 4 is 0 Å². The summed E-state index contributed by atoms with van der Waals surface area (Å²) in [6.45, 7) is 9.92. The van der Waals surface area contributed by atoms with Crippen LogP contribution in [0, 0.1) is 5.41 Å². The Hall–Kier alpha value is -1.55. The van der Waals surface area contributed by atoms with Gasteiger partial charge in [-0.3, -0.25) is 0 Å². The van der Waals surface area contributed by atoms with Crippen molar-refractivity contribution in [3.63, 3.8) is 0 Å². The van der Waals surface area contributed by atoms with Crippen molar-refractivity contribution in [2.45, 2.75) is 52.7 Å². The van der Waals surface area contributed by atoms with E-state index in [2.05, 4.69) is 42.6 Å². The van der Waals surface area contributed by atoms with E-state index in [-0.39, 0.29) is 5.41 Å². The Morgan fingerprint density at radius 3 is 2.75 bits per heavy atom. The Morgan fingerprint density at radius 2 is 2.20 bits per heavy atom. The molecule has 2 aromatic heterocycles.